The van der Waals surface area contributed by atoms with Gasteiger partial charge in [0.25, 0.3) is 0 Å². The van der Waals surface area contributed by atoms with Crippen LogP contribution >= 0.6 is 11.3 Å². The molecule has 2 saturated heterocycles. The predicted molar refractivity (Wildman–Crippen MR) is 125 cm³/mol. The number of aryl methyl sites for hydroxylation is 1. The van der Waals surface area contributed by atoms with Crippen LogP contribution < -0.4 is 5.32 Å². The number of benzene rings is 1. The highest BCUT2D eigenvalue weighted by atomic mass is 32.1. The van der Waals surface area contributed by atoms with Crippen molar-refractivity contribution in [2.45, 2.75) is 13.5 Å². The Morgan fingerprint density at radius 3 is 2.79 bits per heavy atom. The van der Waals surface area contributed by atoms with E-state index in [-0.39, 0.29) is 11.4 Å². The lowest BCUT2D eigenvalue weighted by Gasteiger charge is -2.54. The second-order valence-electron chi connectivity index (χ2n) is 8.59. The molecule has 33 heavy (non-hydrogen) atoms. The lowest BCUT2D eigenvalue weighted by atomic mass is 9.78. The van der Waals surface area contributed by atoms with E-state index < -0.39 is 0 Å². The van der Waals surface area contributed by atoms with Crippen LogP contribution in [0.4, 0.5) is 9.93 Å². The molecule has 0 bridgehead atoms. The van der Waals surface area contributed by atoms with Crippen molar-refractivity contribution in [1.82, 2.24) is 14.9 Å². The number of nitrogens with zero attached hydrogens (tertiary/aromatic N) is 4. The zero-order valence-electron chi connectivity index (χ0n) is 18.4. The minimum absolute atomic E-state index is 0.153. The van der Waals surface area contributed by atoms with Gasteiger partial charge >= 0.3 is 6.03 Å². The minimum Gasteiger partial charge on any atom is -0.380 e. The first-order valence-electron chi connectivity index (χ1n) is 10.6. The van der Waals surface area contributed by atoms with Gasteiger partial charge in [-0.1, -0.05) is 23.5 Å². The van der Waals surface area contributed by atoms with Gasteiger partial charge in [-0.25, -0.2) is 9.78 Å². The number of pyridine rings is 1. The van der Waals surface area contributed by atoms with E-state index in [1.165, 1.54) is 11.3 Å². The lowest BCUT2D eigenvalue weighted by molar-refractivity contribution is -0.174. The summed E-state index contributed by atoms with van der Waals surface area (Å²) < 4.78 is 10.6. The molecule has 3 aromatic rings. The van der Waals surface area contributed by atoms with Crippen molar-refractivity contribution in [3.05, 3.63) is 53.3 Å². The predicted octanol–water partition coefficient (Wildman–Crippen LogP) is 4.06. The molecule has 0 radical (unpaired) electrons. The van der Waals surface area contributed by atoms with Crippen LogP contribution in [0.15, 0.2) is 36.4 Å². The molecule has 2 aliphatic rings. The van der Waals surface area contributed by atoms with Gasteiger partial charge in [0, 0.05) is 31.5 Å². The Hall–Kier alpha value is -3.32. The molecule has 1 spiro atoms. The molecule has 168 valence electrons. The summed E-state index contributed by atoms with van der Waals surface area (Å²) in [5.41, 5.74) is 4.87. The summed E-state index contributed by atoms with van der Waals surface area (Å²) >= 11 is 1.41. The van der Waals surface area contributed by atoms with Crippen molar-refractivity contribution in [1.29, 1.82) is 5.26 Å². The number of urea groups is 1. The Kier molecular flexibility index (Phi) is 5.58. The molecule has 9 heteroatoms. The van der Waals surface area contributed by atoms with Gasteiger partial charge in [0.1, 0.15) is 0 Å². The van der Waals surface area contributed by atoms with Crippen LogP contribution in [0.25, 0.3) is 21.7 Å². The van der Waals surface area contributed by atoms with Gasteiger partial charge in [0.2, 0.25) is 0 Å². The molecule has 0 aliphatic carbocycles. The number of ether oxygens (including phenoxy) is 2. The molecular weight excluding hydrogens is 438 g/mol. The lowest BCUT2D eigenvalue weighted by Crippen LogP contribution is -2.67. The van der Waals surface area contributed by atoms with Crippen molar-refractivity contribution in [2.24, 2.45) is 5.41 Å². The second kappa shape index (κ2) is 8.56. The van der Waals surface area contributed by atoms with Gasteiger partial charge in [-0.3, -0.25) is 10.3 Å². The number of nitriles is 1. The molecule has 0 saturated carbocycles. The Balaban J connectivity index is 1.49. The maximum atomic E-state index is 12.8. The van der Waals surface area contributed by atoms with E-state index in [1.54, 1.807) is 18.1 Å². The van der Waals surface area contributed by atoms with E-state index in [9.17, 15) is 10.1 Å². The van der Waals surface area contributed by atoms with Gasteiger partial charge in [0.05, 0.1) is 53.1 Å². The number of rotatable bonds is 5. The third-order valence-corrected chi connectivity index (χ3v) is 6.84. The van der Waals surface area contributed by atoms with Gasteiger partial charge in [0.15, 0.2) is 5.13 Å². The zero-order valence-corrected chi connectivity index (χ0v) is 19.2. The molecule has 1 aromatic carbocycles. The first-order chi connectivity index (χ1) is 16.0. The highest BCUT2D eigenvalue weighted by molar-refractivity contribution is 7.19. The molecule has 2 fully saturated rings. The molecule has 8 nitrogen and oxygen atoms in total. The summed E-state index contributed by atoms with van der Waals surface area (Å²) in [5, 5.41) is 12.8. The van der Waals surface area contributed by atoms with Crippen molar-refractivity contribution in [3.63, 3.8) is 0 Å². The van der Waals surface area contributed by atoms with E-state index >= 15 is 0 Å². The summed E-state index contributed by atoms with van der Waals surface area (Å²) in [6, 6.07) is 13.3. The number of aromatic nitrogens is 2. The molecule has 2 aromatic heterocycles. The van der Waals surface area contributed by atoms with Crippen molar-refractivity contribution < 1.29 is 14.3 Å². The van der Waals surface area contributed by atoms with Crippen LogP contribution in [0.5, 0.6) is 0 Å². The summed E-state index contributed by atoms with van der Waals surface area (Å²) in [7, 11) is 1.64. The van der Waals surface area contributed by atoms with Gasteiger partial charge in [-0.2, -0.15) is 5.26 Å². The highest BCUT2D eigenvalue weighted by Gasteiger charge is 2.50. The first kappa shape index (κ1) is 21.5. The largest absolute Gasteiger partial charge is 0.380 e. The highest BCUT2D eigenvalue weighted by Crippen LogP contribution is 2.41. The van der Waals surface area contributed by atoms with Crippen LogP contribution in [-0.2, 0) is 16.1 Å². The Morgan fingerprint density at radius 1 is 1.27 bits per heavy atom. The van der Waals surface area contributed by atoms with Gasteiger partial charge in [-0.05, 0) is 36.8 Å². The van der Waals surface area contributed by atoms with E-state index in [4.69, 9.17) is 14.5 Å². The van der Waals surface area contributed by atoms with Crippen molar-refractivity contribution in [2.75, 3.05) is 38.7 Å². The van der Waals surface area contributed by atoms with Crippen LogP contribution in [0.3, 0.4) is 0 Å². The number of carbonyl (C=O) groups excluding carboxylic acids is 1. The van der Waals surface area contributed by atoms with Crippen LogP contribution in [-0.4, -0.2) is 54.3 Å². The molecule has 2 amide bonds. The van der Waals surface area contributed by atoms with Crippen LogP contribution in [0, 0.1) is 23.7 Å². The van der Waals surface area contributed by atoms with E-state index in [0.717, 1.165) is 40.6 Å². The average Bonchev–Trinajstić information content (AvgIpc) is 3.15. The van der Waals surface area contributed by atoms with Crippen molar-refractivity contribution >= 4 is 22.5 Å². The molecular formula is C24H23N5O3S. The molecule has 2 aliphatic heterocycles. The number of amides is 2. The number of nitrogens with one attached hydrogen (secondary N) is 1. The third-order valence-electron chi connectivity index (χ3n) is 5.82. The fourth-order valence-corrected chi connectivity index (χ4v) is 5.21. The molecule has 1 N–H and O–H groups in total. The fourth-order valence-electron chi connectivity index (χ4n) is 4.24. The van der Waals surface area contributed by atoms with Crippen LogP contribution in [0.2, 0.25) is 0 Å². The quantitative estimate of drug-likeness (QED) is 0.615. The minimum atomic E-state index is -0.156. The summed E-state index contributed by atoms with van der Waals surface area (Å²) in [5.74, 6) is 0. The standard InChI is InChI=1S/C24H23N5O3S/c1-15-6-18(8-19(26-15)10-31-2)21-20(17-5-3-4-16(7-17)9-25)27-22(33-21)28-23(30)29-11-24(12-29)13-32-14-24/h3-8H,10-14H2,1-2H3,(H,27,28,30). The average molecular weight is 462 g/mol. The summed E-state index contributed by atoms with van der Waals surface area (Å²) in [6.07, 6.45) is 0. The second-order valence-corrected chi connectivity index (χ2v) is 9.59. The van der Waals surface area contributed by atoms with Crippen LogP contribution in [0.1, 0.15) is 17.0 Å². The maximum absolute atomic E-state index is 12.8. The normalized spacial score (nSPS) is 16.1. The molecule has 0 unspecified atom stereocenters. The first-order valence-corrected chi connectivity index (χ1v) is 11.4. The smallest absolute Gasteiger partial charge is 0.323 e. The van der Waals surface area contributed by atoms with Gasteiger partial charge in [-0.15, -0.1) is 0 Å². The topological polar surface area (TPSA) is 100 Å². The molecule has 5 rings (SSSR count). The Labute approximate surface area is 195 Å². The monoisotopic (exact) mass is 461 g/mol. The van der Waals surface area contributed by atoms with Gasteiger partial charge < -0.3 is 14.4 Å². The number of thiazole rings is 1. The number of hydrogen-bond donors (Lipinski definition) is 1. The molecule has 4 heterocycles. The number of anilines is 1. The maximum Gasteiger partial charge on any atom is 0.323 e. The zero-order chi connectivity index (χ0) is 23.0. The summed E-state index contributed by atoms with van der Waals surface area (Å²) in [4.78, 5) is 24.8. The SMILES string of the molecule is COCc1cc(-c2sc(NC(=O)N3CC4(COC4)C3)nc2-c2cccc(C#N)c2)cc(C)n1. The number of hydrogen-bond acceptors (Lipinski definition) is 7. The fraction of sp³-hybridized carbons (Fsp3) is 0.333. The van der Waals surface area contributed by atoms with Crippen molar-refractivity contribution in [3.8, 4) is 27.8 Å². The Morgan fingerprint density at radius 2 is 2.09 bits per heavy atom. The summed E-state index contributed by atoms with van der Waals surface area (Å²) in [6.45, 7) is 5.20. The van der Waals surface area contributed by atoms with E-state index in [0.29, 0.717) is 36.1 Å². The van der Waals surface area contributed by atoms with E-state index in [1.807, 2.05) is 37.3 Å². The molecule has 0 atom stereocenters. The van der Waals surface area contributed by atoms with E-state index in [2.05, 4.69) is 16.4 Å². The Bertz CT molecular complexity index is 1250. The third kappa shape index (κ3) is 4.20. The number of carbonyl (C=O) groups is 1. The number of likely N-dealkylation sites (tertiary alicyclic amines) is 1. The number of methoxy groups -OCH3 is 1.